The number of hydrogen-bond donors (Lipinski definition) is 3. The lowest BCUT2D eigenvalue weighted by molar-refractivity contribution is 0.316. The van der Waals surface area contributed by atoms with Crippen molar-refractivity contribution < 1.29 is 8.42 Å². The molecule has 4 N–H and O–H groups in total. The molecule has 1 aliphatic rings. The van der Waals surface area contributed by atoms with E-state index in [0.29, 0.717) is 24.3 Å². The SMILES string of the molecule is CC(C)CCCC(C)NC(N)=NCCS(=O)(=O)NCC1CCC1.I. The van der Waals surface area contributed by atoms with Gasteiger partial charge in [-0.15, -0.1) is 24.0 Å². The first-order valence-electron chi connectivity index (χ1n) is 8.82. The van der Waals surface area contributed by atoms with Crippen LogP contribution in [0.15, 0.2) is 4.99 Å². The minimum Gasteiger partial charge on any atom is -0.370 e. The van der Waals surface area contributed by atoms with Crippen molar-refractivity contribution >= 4 is 40.0 Å². The summed E-state index contributed by atoms with van der Waals surface area (Å²) < 4.78 is 26.3. The maximum Gasteiger partial charge on any atom is 0.213 e. The summed E-state index contributed by atoms with van der Waals surface area (Å²) in [6.07, 6.45) is 6.87. The summed E-state index contributed by atoms with van der Waals surface area (Å²) >= 11 is 0. The summed E-state index contributed by atoms with van der Waals surface area (Å²) in [7, 11) is -3.24. The quantitative estimate of drug-likeness (QED) is 0.244. The van der Waals surface area contributed by atoms with E-state index >= 15 is 0 Å². The number of sulfonamides is 1. The Kier molecular flexibility index (Phi) is 12.2. The average Bonchev–Trinajstić information content (AvgIpc) is 2.35. The zero-order valence-electron chi connectivity index (χ0n) is 15.3. The van der Waals surface area contributed by atoms with Gasteiger partial charge in [-0.25, -0.2) is 13.1 Å². The smallest absolute Gasteiger partial charge is 0.213 e. The molecule has 1 fully saturated rings. The molecule has 1 saturated carbocycles. The van der Waals surface area contributed by atoms with Crippen LogP contribution < -0.4 is 15.8 Å². The monoisotopic (exact) mass is 474 g/mol. The molecule has 0 amide bonds. The van der Waals surface area contributed by atoms with Crippen molar-refractivity contribution in [2.45, 2.75) is 65.3 Å². The minimum absolute atomic E-state index is 0. The number of nitrogens with zero attached hydrogens (tertiary/aromatic N) is 1. The summed E-state index contributed by atoms with van der Waals surface area (Å²) in [4.78, 5) is 4.12. The molecule has 0 saturated heterocycles. The van der Waals surface area contributed by atoms with Crippen molar-refractivity contribution in [1.29, 1.82) is 0 Å². The second-order valence-electron chi connectivity index (χ2n) is 7.10. The van der Waals surface area contributed by atoms with Gasteiger partial charge in [0.25, 0.3) is 0 Å². The van der Waals surface area contributed by atoms with Gasteiger partial charge in [0.15, 0.2) is 5.96 Å². The molecule has 0 aromatic carbocycles. The Morgan fingerprint density at radius 3 is 2.46 bits per heavy atom. The van der Waals surface area contributed by atoms with E-state index in [1.54, 1.807) is 0 Å². The van der Waals surface area contributed by atoms with Gasteiger partial charge in [0.05, 0.1) is 12.3 Å². The fraction of sp³-hybridized carbons (Fsp3) is 0.938. The van der Waals surface area contributed by atoms with Crippen LogP contribution in [0.25, 0.3) is 0 Å². The van der Waals surface area contributed by atoms with Crippen LogP contribution in [-0.4, -0.2) is 39.3 Å². The first kappa shape index (κ1) is 23.9. The molecule has 8 heteroatoms. The maximum absolute atomic E-state index is 11.8. The number of hydrogen-bond acceptors (Lipinski definition) is 3. The predicted octanol–water partition coefficient (Wildman–Crippen LogP) is 2.44. The largest absolute Gasteiger partial charge is 0.370 e. The van der Waals surface area contributed by atoms with E-state index in [4.69, 9.17) is 5.73 Å². The molecular weight excluding hydrogens is 439 g/mol. The highest BCUT2D eigenvalue weighted by atomic mass is 127. The molecule has 1 rings (SSSR count). The zero-order chi connectivity index (χ0) is 17.3. The Labute approximate surface area is 164 Å². The van der Waals surface area contributed by atoms with Crippen LogP contribution in [0.1, 0.15) is 59.3 Å². The van der Waals surface area contributed by atoms with E-state index in [9.17, 15) is 8.42 Å². The fourth-order valence-corrected chi connectivity index (χ4v) is 3.47. The first-order chi connectivity index (χ1) is 10.8. The molecule has 0 radical (unpaired) electrons. The number of halogens is 1. The van der Waals surface area contributed by atoms with E-state index in [1.807, 2.05) is 0 Å². The van der Waals surface area contributed by atoms with E-state index in [0.717, 1.165) is 25.7 Å². The molecule has 144 valence electrons. The zero-order valence-corrected chi connectivity index (χ0v) is 18.4. The third-order valence-electron chi connectivity index (χ3n) is 4.27. The van der Waals surface area contributed by atoms with Gasteiger partial charge in [-0.1, -0.05) is 33.1 Å². The molecule has 0 aromatic heterocycles. The average molecular weight is 474 g/mol. The molecule has 0 heterocycles. The molecule has 0 spiro atoms. The molecule has 0 bridgehead atoms. The second-order valence-corrected chi connectivity index (χ2v) is 9.03. The molecular formula is C16H35IN4O2S. The predicted molar refractivity (Wildman–Crippen MR) is 112 cm³/mol. The molecule has 0 aliphatic heterocycles. The van der Waals surface area contributed by atoms with Gasteiger partial charge in [0.1, 0.15) is 0 Å². The van der Waals surface area contributed by atoms with Crippen LogP contribution in [0.3, 0.4) is 0 Å². The number of aliphatic imine (C=N–C) groups is 1. The molecule has 1 unspecified atom stereocenters. The van der Waals surface area contributed by atoms with Gasteiger partial charge >= 0.3 is 0 Å². The van der Waals surface area contributed by atoms with Crippen molar-refractivity contribution in [3.05, 3.63) is 0 Å². The summed E-state index contributed by atoms with van der Waals surface area (Å²) in [5.41, 5.74) is 5.81. The van der Waals surface area contributed by atoms with Crippen LogP contribution in [-0.2, 0) is 10.0 Å². The van der Waals surface area contributed by atoms with Crippen LogP contribution in [0, 0.1) is 11.8 Å². The Balaban J connectivity index is 0.00000529. The van der Waals surface area contributed by atoms with Gasteiger partial charge in [-0.05, 0) is 38.0 Å². The fourth-order valence-electron chi connectivity index (χ4n) is 2.50. The second kappa shape index (κ2) is 12.3. The standard InChI is InChI=1S/C16H34N4O2S.HI/c1-13(2)6-4-7-14(3)20-16(17)18-10-11-23(21,22)19-12-15-8-5-9-15;/h13-15,19H,4-12H2,1-3H3,(H3,17,18,20);1H. The van der Waals surface area contributed by atoms with E-state index < -0.39 is 10.0 Å². The highest BCUT2D eigenvalue weighted by Crippen LogP contribution is 2.25. The van der Waals surface area contributed by atoms with E-state index in [1.165, 1.54) is 12.8 Å². The Bertz CT molecular complexity index is 465. The van der Waals surface area contributed by atoms with E-state index in [-0.39, 0.29) is 42.3 Å². The minimum atomic E-state index is -3.24. The van der Waals surface area contributed by atoms with Crippen molar-refractivity contribution in [1.82, 2.24) is 10.0 Å². The van der Waals surface area contributed by atoms with Crippen LogP contribution >= 0.6 is 24.0 Å². The normalized spacial score (nSPS) is 17.2. The number of nitrogens with two attached hydrogens (primary N) is 1. The lowest BCUT2D eigenvalue weighted by atomic mass is 9.86. The lowest BCUT2D eigenvalue weighted by Gasteiger charge is -2.25. The Hall–Kier alpha value is -0.0900. The highest BCUT2D eigenvalue weighted by Gasteiger charge is 2.19. The van der Waals surface area contributed by atoms with Crippen molar-refractivity contribution in [3.63, 3.8) is 0 Å². The maximum atomic E-state index is 11.8. The summed E-state index contributed by atoms with van der Waals surface area (Å²) in [5, 5.41) is 3.12. The van der Waals surface area contributed by atoms with Crippen LogP contribution in [0.4, 0.5) is 0 Å². The molecule has 1 aliphatic carbocycles. The number of nitrogens with one attached hydrogen (secondary N) is 2. The summed E-state index contributed by atoms with van der Waals surface area (Å²) in [6.45, 7) is 7.25. The van der Waals surface area contributed by atoms with Crippen LogP contribution in [0.5, 0.6) is 0 Å². The lowest BCUT2D eigenvalue weighted by Crippen LogP contribution is -2.39. The van der Waals surface area contributed by atoms with E-state index in [2.05, 4.69) is 35.8 Å². The van der Waals surface area contributed by atoms with Gasteiger partial charge in [-0.3, -0.25) is 4.99 Å². The van der Waals surface area contributed by atoms with Crippen molar-refractivity contribution in [3.8, 4) is 0 Å². The van der Waals surface area contributed by atoms with Gasteiger partial charge in [0.2, 0.25) is 10.0 Å². The summed E-state index contributed by atoms with van der Waals surface area (Å²) in [5.74, 6) is 1.55. The van der Waals surface area contributed by atoms with Gasteiger partial charge < -0.3 is 11.1 Å². The molecule has 0 aromatic rings. The Morgan fingerprint density at radius 1 is 1.25 bits per heavy atom. The van der Waals surface area contributed by atoms with Crippen LogP contribution in [0.2, 0.25) is 0 Å². The topological polar surface area (TPSA) is 96.6 Å². The third-order valence-corrected chi connectivity index (χ3v) is 5.60. The number of guanidine groups is 1. The first-order valence-corrected chi connectivity index (χ1v) is 10.5. The molecule has 6 nitrogen and oxygen atoms in total. The van der Waals surface area contributed by atoms with Gasteiger partial charge in [0, 0.05) is 12.6 Å². The van der Waals surface area contributed by atoms with Crippen molar-refractivity contribution in [2.75, 3.05) is 18.8 Å². The summed E-state index contributed by atoms with van der Waals surface area (Å²) in [6, 6.07) is 0.255. The highest BCUT2D eigenvalue weighted by molar-refractivity contribution is 14.0. The third kappa shape index (κ3) is 11.5. The van der Waals surface area contributed by atoms with Gasteiger partial charge in [-0.2, -0.15) is 0 Å². The molecule has 1 atom stereocenters. The van der Waals surface area contributed by atoms with Crippen molar-refractivity contribution in [2.24, 2.45) is 22.6 Å². The Morgan fingerprint density at radius 2 is 1.92 bits per heavy atom. The number of rotatable bonds is 11. The molecule has 24 heavy (non-hydrogen) atoms.